The van der Waals surface area contributed by atoms with E-state index in [1.807, 2.05) is 48.5 Å². The Morgan fingerprint density at radius 3 is 2.66 bits per heavy atom. The number of aromatic nitrogens is 1. The predicted molar refractivity (Wildman–Crippen MR) is 119 cm³/mol. The van der Waals surface area contributed by atoms with Gasteiger partial charge in [-0.15, -0.1) is 11.3 Å². The summed E-state index contributed by atoms with van der Waals surface area (Å²) in [5.74, 6) is 0.800. The van der Waals surface area contributed by atoms with Gasteiger partial charge in [0.25, 0.3) is 5.91 Å². The lowest BCUT2D eigenvalue weighted by molar-refractivity contribution is 0.0944. The minimum absolute atomic E-state index is 0.0499. The predicted octanol–water partition coefficient (Wildman–Crippen LogP) is 5.29. The number of benzene rings is 2. The minimum Gasteiger partial charge on any atom is -0.496 e. The molecule has 4 nitrogen and oxygen atoms in total. The van der Waals surface area contributed by atoms with Gasteiger partial charge in [-0.2, -0.15) is 0 Å². The van der Waals surface area contributed by atoms with E-state index in [9.17, 15) is 4.79 Å². The number of carbonyl (C=O) groups excluding carboxylic acids is 1. The van der Waals surface area contributed by atoms with Crippen molar-refractivity contribution in [3.05, 3.63) is 88.9 Å². The van der Waals surface area contributed by atoms with Gasteiger partial charge in [0.05, 0.1) is 23.4 Å². The van der Waals surface area contributed by atoms with Crippen molar-refractivity contribution in [1.29, 1.82) is 0 Å². The molecule has 29 heavy (non-hydrogen) atoms. The third-order valence-electron chi connectivity index (χ3n) is 5.23. The van der Waals surface area contributed by atoms with Crippen molar-refractivity contribution in [2.24, 2.45) is 0 Å². The van der Waals surface area contributed by atoms with Crippen molar-refractivity contribution in [2.45, 2.75) is 19.4 Å². The first-order valence-electron chi connectivity index (χ1n) is 9.72. The Morgan fingerprint density at radius 2 is 1.86 bits per heavy atom. The van der Waals surface area contributed by atoms with Crippen molar-refractivity contribution < 1.29 is 9.53 Å². The van der Waals surface area contributed by atoms with Gasteiger partial charge in [0.2, 0.25) is 0 Å². The summed E-state index contributed by atoms with van der Waals surface area (Å²) in [6.45, 7) is 2.69. The lowest BCUT2D eigenvalue weighted by Crippen LogP contribution is -2.28. The maximum absolute atomic E-state index is 13.1. The lowest BCUT2D eigenvalue weighted by Gasteiger charge is -2.19. The van der Waals surface area contributed by atoms with E-state index in [0.717, 1.165) is 28.0 Å². The topological polar surface area (TPSA) is 43.3 Å². The number of rotatable bonds is 7. The average Bonchev–Trinajstić information content (AvgIpc) is 3.35. The molecule has 2 aromatic heterocycles. The van der Waals surface area contributed by atoms with E-state index in [0.29, 0.717) is 12.2 Å². The van der Waals surface area contributed by atoms with E-state index in [1.165, 1.54) is 5.56 Å². The summed E-state index contributed by atoms with van der Waals surface area (Å²) < 4.78 is 8.67. The summed E-state index contributed by atoms with van der Waals surface area (Å²) in [5.41, 5.74) is 4.06. The van der Waals surface area contributed by atoms with E-state index in [1.54, 1.807) is 18.4 Å². The SMILES string of the molecule is COc1ccccc1CCNC(=O)c1cc2sccc2n1[C@@H](C)c1ccccc1. The van der Waals surface area contributed by atoms with E-state index < -0.39 is 0 Å². The fraction of sp³-hybridized carbons (Fsp3) is 0.208. The Morgan fingerprint density at radius 1 is 1.10 bits per heavy atom. The number of para-hydroxylation sites is 1. The van der Waals surface area contributed by atoms with Crippen LogP contribution in [0.5, 0.6) is 5.75 Å². The highest BCUT2D eigenvalue weighted by atomic mass is 32.1. The quantitative estimate of drug-likeness (QED) is 0.455. The molecule has 1 atom stereocenters. The Kier molecular flexibility index (Phi) is 5.67. The molecule has 0 spiro atoms. The summed E-state index contributed by atoms with van der Waals surface area (Å²) in [5, 5.41) is 5.16. The second kappa shape index (κ2) is 8.53. The van der Waals surface area contributed by atoms with Gasteiger partial charge in [0, 0.05) is 6.54 Å². The van der Waals surface area contributed by atoms with Crippen molar-refractivity contribution in [1.82, 2.24) is 9.88 Å². The van der Waals surface area contributed by atoms with E-state index >= 15 is 0 Å². The Bertz CT molecular complexity index is 1110. The zero-order valence-electron chi connectivity index (χ0n) is 16.6. The number of carbonyl (C=O) groups is 1. The van der Waals surface area contributed by atoms with Crippen LogP contribution < -0.4 is 10.1 Å². The second-order valence-electron chi connectivity index (χ2n) is 6.97. The molecule has 1 amide bonds. The number of hydrogen-bond acceptors (Lipinski definition) is 3. The molecule has 4 aromatic rings. The zero-order chi connectivity index (χ0) is 20.2. The molecule has 0 saturated heterocycles. The van der Waals surface area contributed by atoms with E-state index in [2.05, 4.69) is 40.4 Å². The molecular formula is C24H24N2O2S. The number of methoxy groups -OCH3 is 1. The van der Waals surface area contributed by atoms with Gasteiger partial charge in [-0.3, -0.25) is 4.79 Å². The van der Waals surface area contributed by atoms with Crippen LogP contribution in [0.25, 0.3) is 10.2 Å². The van der Waals surface area contributed by atoms with Gasteiger partial charge in [-0.25, -0.2) is 0 Å². The molecule has 2 heterocycles. The number of hydrogen-bond donors (Lipinski definition) is 1. The number of nitrogens with zero attached hydrogens (tertiary/aromatic N) is 1. The van der Waals surface area contributed by atoms with Crippen LogP contribution in [0.3, 0.4) is 0 Å². The summed E-state index contributed by atoms with van der Waals surface area (Å²) in [6, 6.07) is 22.3. The van der Waals surface area contributed by atoms with E-state index in [4.69, 9.17) is 4.74 Å². The molecule has 0 aliphatic rings. The van der Waals surface area contributed by atoms with E-state index in [-0.39, 0.29) is 11.9 Å². The number of thiophene rings is 1. The number of fused-ring (bicyclic) bond motifs is 1. The zero-order valence-corrected chi connectivity index (χ0v) is 17.4. The van der Waals surface area contributed by atoms with Crippen LogP contribution in [0.1, 0.15) is 34.6 Å². The average molecular weight is 405 g/mol. The maximum Gasteiger partial charge on any atom is 0.268 e. The van der Waals surface area contributed by atoms with Crippen molar-refractivity contribution in [3.8, 4) is 5.75 Å². The molecule has 0 aliphatic carbocycles. The second-order valence-corrected chi connectivity index (χ2v) is 7.92. The molecule has 148 valence electrons. The van der Waals surface area contributed by atoms with Gasteiger partial charge < -0.3 is 14.6 Å². The number of nitrogens with one attached hydrogen (secondary N) is 1. The van der Waals surface area contributed by atoms with Gasteiger partial charge in [-0.05, 0) is 48.1 Å². The molecule has 0 saturated carbocycles. The molecule has 0 bridgehead atoms. The molecule has 0 unspecified atom stereocenters. The first-order valence-corrected chi connectivity index (χ1v) is 10.6. The standard InChI is InChI=1S/C24H24N2O2S/c1-17(18-8-4-3-5-9-18)26-20-13-15-29-23(20)16-21(26)24(27)25-14-12-19-10-6-7-11-22(19)28-2/h3-11,13,15-17H,12,14H2,1-2H3,(H,25,27)/t17-/m0/s1. The highest BCUT2D eigenvalue weighted by molar-refractivity contribution is 7.17. The fourth-order valence-corrected chi connectivity index (χ4v) is 4.54. The van der Waals surface area contributed by atoms with Crippen LogP contribution in [-0.4, -0.2) is 24.1 Å². The van der Waals surface area contributed by atoms with Crippen LogP contribution in [-0.2, 0) is 6.42 Å². The van der Waals surface area contributed by atoms with Crippen molar-refractivity contribution in [2.75, 3.05) is 13.7 Å². The van der Waals surface area contributed by atoms with Crippen LogP contribution in [0.2, 0.25) is 0 Å². The van der Waals surface area contributed by atoms with Crippen molar-refractivity contribution in [3.63, 3.8) is 0 Å². The summed E-state index contributed by atoms with van der Waals surface area (Å²) in [7, 11) is 1.67. The molecule has 0 aliphatic heterocycles. The largest absolute Gasteiger partial charge is 0.496 e. The third kappa shape index (κ3) is 3.91. The lowest BCUT2D eigenvalue weighted by atomic mass is 10.1. The van der Waals surface area contributed by atoms with Gasteiger partial charge in [0.1, 0.15) is 11.4 Å². The van der Waals surface area contributed by atoms with Gasteiger partial charge >= 0.3 is 0 Å². The molecule has 2 aromatic carbocycles. The summed E-state index contributed by atoms with van der Waals surface area (Å²) in [6.07, 6.45) is 0.721. The molecule has 4 rings (SSSR count). The maximum atomic E-state index is 13.1. The fourth-order valence-electron chi connectivity index (χ4n) is 3.73. The molecule has 5 heteroatoms. The van der Waals surface area contributed by atoms with Crippen LogP contribution in [0.15, 0.2) is 72.1 Å². The molecule has 1 N–H and O–H groups in total. The summed E-state index contributed by atoms with van der Waals surface area (Å²) in [4.78, 5) is 13.1. The monoisotopic (exact) mass is 404 g/mol. The third-order valence-corrected chi connectivity index (χ3v) is 6.09. The van der Waals surface area contributed by atoms with Gasteiger partial charge in [0.15, 0.2) is 0 Å². The Labute approximate surface area is 174 Å². The smallest absolute Gasteiger partial charge is 0.268 e. The normalized spacial score (nSPS) is 12.1. The van der Waals surface area contributed by atoms with Crippen LogP contribution >= 0.6 is 11.3 Å². The van der Waals surface area contributed by atoms with Crippen molar-refractivity contribution >= 4 is 27.5 Å². The highest BCUT2D eigenvalue weighted by Crippen LogP contribution is 2.31. The highest BCUT2D eigenvalue weighted by Gasteiger charge is 2.21. The van der Waals surface area contributed by atoms with Crippen LogP contribution in [0.4, 0.5) is 0 Å². The number of ether oxygens (including phenoxy) is 1. The Balaban J connectivity index is 1.55. The molecule has 0 radical (unpaired) electrons. The first-order chi connectivity index (χ1) is 14.2. The molecule has 0 fully saturated rings. The van der Waals surface area contributed by atoms with Crippen LogP contribution in [0, 0.1) is 0 Å². The summed E-state index contributed by atoms with van der Waals surface area (Å²) >= 11 is 1.66. The minimum atomic E-state index is -0.0499. The van der Waals surface area contributed by atoms with Gasteiger partial charge in [-0.1, -0.05) is 48.5 Å². The molecular weight excluding hydrogens is 380 g/mol. The number of amides is 1. The first kappa shape index (κ1) is 19.3. The Hall–Kier alpha value is -3.05.